The van der Waals surface area contributed by atoms with E-state index < -0.39 is 0 Å². The van der Waals surface area contributed by atoms with E-state index in [4.69, 9.17) is 0 Å². The van der Waals surface area contributed by atoms with Crippen molar-refractivity contribution in [2.45, 2.75) is 31.8 Å². The largest absolute Gasteiger partial charge is 0.392 e. The summed E-state index contributed by atoms with van der Waals surface area (Å²) in [4.78, 5) is 32.3. The molecule has 1 aliphatic heterocycles. The number of rotatable bonds is 7. The highest BCUT2D eigenvalue weighted by molar-refractivity contribution is 5.87. The van der Waals surface area contributed by atoms with Crippen LogP contribution in [0.5, 0.6) is 0 Å². The zero-order valence-electron chi connectivity index (χ0n) is 22.2. The standard InChI is InChI=1S/C33H30N4O3/c1-2-32(39)35-16-21(17-35)12-27-14-25-13-23(22-6-7-22)9-11-29(25)33(40)37(27)31-5-3-4-28(30(31)19-38)24-8-10-26-15-34-20-36(26)18-24/h2-5,8-11,13-15,18,20-22,38H,1,6-7,12,16-17,19H2. The molecule has 1 amide bonds. The van der Waals surface area contributed by atoms with Crippen LogP contribution in [0.25, 0.3) is 33.1 Å². The van der Waals surface area contributed by atoms with E-state index in [0.717, 1.165) is 27.7 Å². The van der Waals surface area contributed by atoms with E-state index in [9.17, 15) is 14.7 Å². The van der Waals surface area contributed by atoms with Crippen molar-refractivity contribution in [1.82, 2.24) is 18.9 Å². The first-order valence-electron chi connectivity index (χ1n) is 13.8. The van der Waals surface area contributed by atoms with E-state index in [1.54, 1.807) is 22.0 Å². The van der Waals surface area contributed by atoms with Crippen LogP contribution < -0.4 is 5.56 Å². The molecule has 1 saturated heterocycles. The molecule has 7 rings (SSSR count). The van der Waals surface area contributed by atoms with Crippen molar-refractivity contribution in [1.29, 1.82) is 0 Å². The summed E-state index contributed by atoms with van der Waals surface area (Å²) in [5, 5.41) is 12.3. The minimum atomic E-state index is -0.219. The van der Waals surface area contributed by atoms with Gasteiger partial charge in [0.1, 0.15) is 0 Å². The van der Waals surface area contributed by atoms with Gasteiger partial charge in [-0.3, -0.25) is 14.2 Å². The average molecular weight is 531 g/mol. The molecule has 2 fully saturated rings. The van der Waals surface area contributed by atoms with Gasteiger partial charge in [-0.1, -0.05) is 36.9 Å². The second kappa shape index (κ2) is 9.61. The third kappa shape index (κ3) is 4.14. The molecule has 0 atom stereocenters. The number of carbonyl (C=O) groups excluding carboxylic acids is 1. The number of benzene rings is 2. The molecule has 3 aromatic heterocycles. The average Bonchev–Trinajstić information content (AvgIpc) is 3.70. The molecular formula is C33H30N4O3. The van der Waals surface area contributed by atoms with Crippen LogP contribution in [-0.2, 0) is 17.8 Å². The van der Waals surface area contributed by atoms with Crippen LogP contribution >= 0.6 is 0 Å². The maximum atomic E-state index is 14.2. The number of aliphatic hydroxyl groups excluding tert-OH is 1. The number of nitrogens with zero attached hydrogens (tertiary/aromatic N) is 4. The van der Waals surface area contributed by atoms with Crippen LogP contribution in [0.4, 0.5) is 0 Å². The van der Waals surface area contributed by atoms with Gasteiger partial charge in [-0.25, -0.2) is 4.98 Å². The number of imidazole rings is 1. The third-order valence-corrected chi connectivity index (χ3v) is 8.38. The molecule has 0 bridgehead atoms. The smallest absolute Gasteiger partial charge is 0.263 e. The van der Waals surface area contributed by atoms with Gasteiger partial charge < -0.3 is 14.4 Å². The lowest BCUT2D eigenvalue weighted by Gasteiger charge is -2.39. The van der Waals surface area contributed by atoms with E-state index in [1.807, 2.05) is 47.0 Å². The zero-order chi connectivity index (χ0) is 27.4. The fourth-order valence-electron chi connectivity index (χ4n) is 6.08. The number of likely N-dealkylation sites (tertiary alicyclic amines) is 1. The Labute approximate surface area is 231 Å². The van der Waals surface area contributed by atoms with Crippen molar-refractivity contribution in [2.24, 2.45) is 5.92 Å². The molecule has 0 spiro atoms. The molecule has 1 saturated carbocycles. The normalized spacial score (nSPS) is 15.5. The van der Waals surface area contributed by atoms with Gasteiger partial charge in [-0.15, -0.1) is 0 Å². The van der Waals surface area contributed by atoms with E-state index in [2.05, 4.69) is 29.8 Å². The summed E-state index contributed by atoms with van der Waals surface area (Å²) in [6, 6.07) is 18.2. The number of fused-ring (bicyclic) bond motifs is 2. The monoisotopic (exact) mass is 530 g/mol. The summed E-state index contributed by atoms with van der Waals surface area (Å²) in [6.45, 7) is 4.65. The molecule has 7 nitrogen and oxygen atoms in total. The van der Waals surface area contributed by atoms with Crippen molar-refractivity contribution in [2.75, 3.05) is 13.1 Å². The molecule has 200 valence electrons. The first-order valence-corrected chi connectivity index (χ1v) is 13.8. The molecular weight excluding hydrogens is 500 g/mol. The topological polar surface area (TPSA) is 79.8 Å². The number of carbonyl (C=O) groups is 1. The van der Waals surface area contributed by atoms with Crippen LogP contribution in [-0.4, -0.2) is 43.0 Å². The Morgan fingerprint density at radius 2 is 1.95 bits per heavy atom. The maximum Gasteiger partial charge on any atom is 0.263 e. The van der Waals surface area contributed by atoms with Gasteiger partial charge in [0.05, 0.1) is 30.3 Å². The summed E-state index contributed by atoms with van der Waals surface area (Å²) >= 11 is 0. The number of hydrogen-bond donors (Lipinski definition) is 1. The Kier molecular flexibility index (Phi) is 5.90. The first kappa shape index (κ1) is 24.5. The molecule has 5 aromatic rings. The van der Waals surface area contributed by atoms with Gasteiger partial charge in [-0.05, 0) is 83.5 Å². The number of aromatic nitrogens is 3. The lowest BCUT2D eigenvalue weighted by Crippen LogP contribution is -2.50. The molecule has 40 heavy (non-hydrogen) atoms. The lowest BCUT2D eigenvalue weighted by atomic mass is 9.92. The predicted octanol–water partition coefficient (Wildman–Crippen LogP) is 4.86. The molecule has 7 heteroatoms. The van der Waals surface area contributed by atoms with Gasteiger partial charge in [0.15, 0.2) is 0 Å². The zero-order valence-corrected chi connectivity index (χ0v) is 22.2. The van der Waals surface area contributed by atoms with Gasteiger partial charge in [0.25, 0.3) is 5.56 Å². The highest BCUT2D eigenvalue weighted by Crippen LogP contribution is 2.41. The summed E-state index contributed by atoms with van der Waals surface area (Å²) < 4.78 is 3.73. The maximum absolute atomic E-state index is 14.2. The molecule has 1 aliphatic carbocycles. The van der Waals surface area contributed by atoms with Crippen LogP contribution in [0.3, 0.4) is 0 Å². The quantitative estimate of drug-likeness (QED) is 0.305. The van der Waals surface area contributed by atoms with E-state index in [0.29, 0.717) is 42.1 Å². The number of pyridine rings is 2. The summed E-state index contributed by atoms with van der Waals surface area (Å²) in [5.74, 6) is 0.764. The predicted molar refractivity (Wildman–Crippen MR) is 156 cm³/mol. The molecule has 0 unspecified atom stereocenters. The minimum Gasteiger partial charge on any atom is -0.392 e. The molecule has 1 N–H and O–H groups in total. The van der Waals surface area contributed by atoms with Crippen molar-refractivity contribution in [3.05, 3.63) is 113 Å². The van der Waals surface area contributed by atoms with Crippen molar-refractivity contribution in [3.8, 4) is 16.8 Å². The van der Waals surface area contributed by atoms with E-state index >= 15 is 0 Å². The summed E-state index contributed by atoms with van der Waals surface area (Å²) in [7, 11) is 0. The van der Waals surface area contributed by atoms with Gasteiger partial charge in [0, 0.05) is 35.9 Å². The molecule has 4 heterocycles. The van der Waals surface area contributed by atoms with Gasteiger partial charge in [0.2, 0.25) is 5.91 Å². The summed E-state index contributed by atoms with van der Waals surface area (Å²) in [5.41, 5.74) is 6.22. The SMILES string of the molecule is C=CC(=O)N1CC(Cc2cc3cc(C4CC4)ccc3c(=O)n2-c2cccc(-c3ccc4cncn4c3)c2CO)C1. The van der Waals surface area contributed by atoms with Crippen molar-refractivity contribution >= 4 is 22.2 Å². The summed E-state index contributed by atoms with van der Waals surface area (Å²) in [6.07, 6.45) is 9.93. The minimum absolute atomic E-state index is 0.0636. The molecule has 2 aliphatic rings. The van der Waals surface area contributed by atoms with Crippen LogP contribution in [0.15, 0.2) is 90.8 Å². The van der Waals surface area contributed by atoms with Gasteiger partial charge in [-0.2, -0.15) is 0 Å². The number of aliphatic hydroxyl groups is 1. The Hall–Kier alpha value is -4.49. The Morgan fingerprint density at radius 3 is 2.73 bits per heavy atom. The fraction of sp³-hybridized carbons (Fsp3) is 0.242. The lowest BCUT2D eigenvalue weighted by molar-refractivity contribution is -0.132. The Bertz CT molecular complexity index is 1860. The third-order valence-electron chi connectivity index (χ3n) is 8.38. The number of hydrogen-bond acceptors (Lipinski definition) is 4. The molecule has 2 aromatic carbocycles. The van der Waals surface area contributed by atoms with Gasteiger partial charge >= 0.3 is 0 Å². The van der Waals surface area contributed by atoms with Crippen LogP contribution in [0, 0.1) is 5.92 Å². The fourth-order valence-corrected chi connectivity index (χ4v) is 6.08. The second-order valence-electron chi connectivity index (χ2n) is 11.0. The Morgan fingerprint density at radius 1 is 1.10 bits per heavy atom. The highest BCUT2D eigenvalue weighted by atomic mass is 16.3. The van der Waals surface area contributed by atoms with Crippen LogP contribution in [0.2, 0.25) is 0 Å². The van der Waals surface area contributed by atoms with E-state index in [-0.39, 0.29) is 24.0 Å². The highest BCUT2D eigenvalue weighted by Gasteiger charge is 2.31. The van der Waals surface area contributed by atoms with Crippen LogP contribution in [0.1, 0.15) is 35.6 Å². The van der Waals surface area contributed by atoms with E-state index in [1.165, 1.54) is 24.5 Å². The number of amides is 1. The Balaban J connectivity index is 1.38. The van der Waals surface area contributed by atoms with Crippen molar-refractivity contribution < 1.29 is 9.90 Å². The second-order valence-corrected chi connectivity index (χ2v) is 11.0. The molecule has 0 radical (unpaired) electrons. The van der Waals surface area contributed by atoms with Crippen molar-refractivity contribution in [3.63, 3.8) is 0 Å². The first-order chi connectivity index (χ1) is 19.5.